The zero-order chi connectivity index (χ0) is 22.8. The van der Waals surface area contributed by atoms with Gasteiger partial charge in [-0.15, -0.1) is 0 Å². The molecular formula is C19H31BN6O5. The molecule has 0 bridgehead atoms. The van der Waals surface area contributed by atoms with Gasteiger partial charge >= 0.3 is 7.12 Å². The highest BCUT2D eigenvalue weighted by Crippen LogP contribution is 2.11. The zero-order valence-electron chi connectivity index (χ0n) is 17.5. The lowest BCUT2D eigenvalue weighted by Gasteiger charge is -2.22. The van der Waals surface area contributed by atoms with Crippen LogP contribution in [0.2, 0.25) is 0 Å². The summed E-state index contributed by atoms with van der Waals surface area (Å²) in [6.45, 7) is 1.83. The Morgan fingerprint density at radius 2 is 1.90 bits per heavy atom. The summed E-state index contributed by atoms with van der Waals surface area (Å²) in [6.07, 6.45) is 0.249. The molecule has 2 rings (SSSR count). The maximum Gasteiger partial charge on any atom is 0.491 e. The fraction of sp³-hybridized carbons (Fsp3) is 0.526. The molecule has 3 amide bonds. The highest BCUT2D eigenvalue weighted by Gasteiger charge is 2.27. The second kappa shape index (κ2) is 12.4. The third-order valence-corrected chi connectivity index (χ3v) is 4.94. The Morgan fingerprint density at radius 3 is 2.58 bits per heavy atom. The largest absolute Gasteiger partial charge is 0.491 e. The van der Waals surface area contributed by atoms with E-state index in [2.05, 4.69) is 10.6 Å². The minimum absolute atomic E-state index is 0.0948. The van der Waals surface area contributed by atoms with E-state index in [0.717, 1.165) is 16.6 Å². The van der Waals surface area contributed by atoms with Gasteiger partial charge in [0.15, 0.2) is 0 Å². The van der Waals surface area contributed by atoms with Crippen LogP contribution in [0.1, 0.15) is 24.0 Å². The molecule has 12 heteroatoms. The van der Waals surface area contributed by atoms with Crippen LogP contribution in [-0.4, -0.2) is 73.5 Å². The lowest BCUT2D eigenvalue weighted by atomic mass is 9.79. The number of nitrogens with two attached hydrogens (primary N) is 3. The monoisotopic (exact) mass is 434 g/mol. The van der Waals surface area contributed by atoms with Crippen molar-refractivity contribution in [2.24, 2.45) is 17.2 Å². The van der Waals surface area contributed by atoms with Crippen molar-refractivity contribution in [2.75, 3.05) is 32.7 Å². The number of rotatable bonds is 12. The third-order valence-electron chi connectivity index (χ3n) is 4.94. The average molecular weight is 434 g/mol. The van der Waals surface area contributed by atoms with Crippen molar-refractivity contribution in [2.45, 2.75) is 32.0 Å². The maximum absolute atomic E-state index is 12.2. The molecule has 11 nitrogen and oxygen atoms in total. The fourth-order valence-corrected chi connectivity index (χ4v) is 3.20. The smallest absolute Gasteiger partial charge is 0.423 e. The van der Waals surface area contributed by atoms with E-state index < -0.39 is 19.1 Å². The first-order chi connectivity index (χ1) is 14.8. The molecule has 0 saturated heterocycles. The zero-order valence-corrected chi connectivity index (χ0v) is 17.5. The summed E-state index contributed by atoms with van der Waals surface area (Å²) in [7, 11) is -0.905. The molecule has 1 aliphatic rings. The molecule has 1 atom stereocenters. The van der Waals surface area contributed by atoms with Crippen LogP contribution in [-0.2, 0) is 32.2 Å². The standard InChI is InChI=1S/C19H31BN6O5/c21-5-7-26(8-6-22)18(28)4-3-16(23)19(29)25-11-17(27)24-10-13-1-2-15-14(9-13)12-31-20(15)30/h1-2,9,16,30H,3-8,10-12,21-23H2,(H,24,27)(H,25,29). The Bertz CT molecular complexity index is 774. The first-order valence-corrected chi connectivity index (χ1v) is 10.2. The van der Waals surface area contributed by atoms with Crippen LogP contribution in [0.25, 0.3) is 0 Å². The van der Waals surface area contributed by atoms with E-state index in [4.69, 9.17) is 21.9 Å². The quantitative estimate of drug-likeness (QED) is 0.183. The molecule has 0 saturated carbocycles. The van der Waals surface area contributed by atoms with Crippen molar-refractivity contribution in [3.8, 4) is 0 Å². The van der Waals surface area contributed by atoms with Crippen molar-refractivity contribution in [3.05, 3.63) is 29.3 Å². The summed E-state index contributed by atoms with van der Waals surface area (Å²) in [5.74, 6) is -1.04. The predicted molar refractivity (Wildman–Crippen MR) is 116 cm³/mol. The number of nitrogens with one attached hydrogen (secondary N) is 2. The van der Waals surface area contributed by atoms with Crippen molar-refractivity contribution in [3.63, 3.8) is 0 Å². The number of nitrogens with zero attached hydrogens (tertiary/aromatic N) is 1. The van der Waals surface area contributed by atoms with Crippen LogP contribution >= 0.6 is 0 Å². The molecule has 9 N–H and O–H groups in total. The summed E-state index contributed by atoms with van der Waals surface area (Å²) < 4.78 is 5.14. The summed E-state index contributed by atoms with van der Waals surface area (Å²) in [4.78, 5) is 37.8. The Hall–Kier alpha value is -2.51. The highest BCUT2D eigenvalue weighted by atomic mass is 16.5. The van der Waals surface area contributed by atoms with Gasteiger partial charge in [0, 0.05) is 39.1 Å². The van der Waals surface area contributed by atoms with Gasteiger partial charge in [-0.25, -0.2) is 0 Å². The van der Waals surface area contributed by atoms with E-state index in [1.54, 1.807) is 17.0 Å². The molecule has 0 aromatic heterocycles. The summed E-state index contributed by atoms with van der Waals surface area (Å²) in [5.41, 5.74) is 19.3. The van der Waals surface area contributed by atoms with Crippen LogP contribution in [0, 0.1) is 0 Å². The van der Waals surface area contributed by atoms with Gasteiger partial charge in [-0.3, -0.25) is 14.4 Å². The highest BCUT2D eigenvalue weighted by molar-refractivity contribution is 6.61. The SMILES string of the molecule is NCCN(CCN)C(=O)CCC(N)C(=O)NCC(=O)NCc1ccc2c(c1)COB2O. The van der Waals surface area contributed by atoms with Crippen molar-refractivity contribution in [1.29, 1.82) is 0 Å². The van der Waals surface area contributed by atoms with Gasteiger partial charge in [0.05, 0.1) is 19.2 Å². The van der Waals surface area contributed by atoms with Gasteiger partial charge in [-0.05, 0) is 23.0 Å². The molecule has 1 aromatic carbocycles. The number of amides is 3. The Kier molecular flexibility index (Phi) is 9.88. The topological polar surface area (TPSA) is 186 Å². The van der Waals surface area contributed by atoms with Crippen molar-refractivity contribution < 1.29 is 24.1 Å². The Labute approximate surface area is 181 Å². The summed E-state index contributed by atoms with van der Waals surface area (Å²) in [6, 6.07) is 4.51. The van der Waals surface area contributed by atoms with Crippen LogP contribution in [0.3, 0.4) is 0 Å². The molecule has 0 spiro atoms. The molecule has 0 radical (unpaired) electrons. The van der Waals surface area contributed by atoms with E-state index in [1.165, 1.54) is 0 Å². The average Bonchev–Trinajstić information content (AvgIpc) is 3.13. The Balaban J connectivity index is 1.69. The van der Waals surface area contributed by atoms with Crippen LogP contribution in [0.5, 0.6) is 0 Å². The molecule has 1 heterocycles. The third kappa shape index (κ3) is 7.60. The van der Waals surface area contributed by atoms with Gasteiger partial charge in [-0.1, -0.05) is 18.2 Å². The molecule has 1 unspecified atom stereocenters. The number of benzene rings is 1. The van der Waals surface area contributed by atoms with E-state index in [1.807, 2.05) is 6.07 Å². The van der Waals surface area contributed by atoms with E-state index >= 15 is 0 Å². The summed E-state index contributed by atoms with van der Waals surface area (Å²) in [5, 5.41) is 14.8. The van der Waals surface area contributed by atoms with Gasteiger partial charge in [0.1, 0.15) is 0 Å². The lowest BCUT2D eigenvalue weighted by molar-refractivity contribution is -0.131. The molecule has 1 aromatic rings. The minimum Gasteiger partial charge on any atom is -0.423 e. The fourth-order valence-electron chi connectivity index (χ4n) is 3.20. The van der Waals surface area contributed by atoms with Gasteiger partial charge < -0.3 is 42.4 Å². The lowest BCUT2D eigenvalue weighted by Crippen LogP contribution is -2.45. The second-order valence-electron chi connectivity index (χ2n) is 7.29. The molecule has 0 aliphatic carbocycles. The second-order valence-corrected chi connectivity index (χ2v) is 7.29. The molecule has 1 aliphatic heterocycles. The van der Waals surface area contributed by atoms with Gasteiger partial charge in [0.25, 0.3) is 0 Å². The summed E-state index contributed by atoms with van der Waals surface area (Å²) >= 11 is 0. The maximum atomic E-state index is 12.2. The molecule has 0 fully saturated rings. The first kappa shape index (κ1) is 24.8. The number of fused-ring (bicyclic) bond motifs is 1. The normalized spacial score (nSPS) is 13.5. The molecule has 31 heavy (non-hydrogen) atoms. The van der Waals surface area contributed by atoms with Crippen molar-refractivity contribution in [1.82, 2.24) is 15.5 Å². The van der Waals surface area contributed by atoms with E-state index in [0.29, 0.717) is 32.8 Å². The number of hydrogen-bond donors (Lipinski definition) is 6. The molecular weight excluding hydrogens is 403 g/mol. The van der Waals surface area contributed by atoms with Gasteiger partial charge in [0.2, 0.25) is 17.7 Å². The Morgan fingerprint density at radius 1 is 1.19 bits per heavy atom. The minimum atomic E-state index is -0.905. The van der Waals surface area contributed by atoms with Crippen LogP contribution in [0.4, 0.5) is 0 Å². The van der Waals surface area contributed by atoms with Crippen LogP contribution in [0.15, 0.2) is 18.2 Å². The number of carbonyl (C=O) groups is 3. The van der Waals surface area contributed by atoms with E-state index in [-0.39, 0.29) is 37.7 Å². The molecule has 170 valence electrons. The van der Waals surface area contributed by atoms with Crippen molar-refractivity contribution >= 4 is 30.3 Å². The van der Waals surface area contributed by atoms with E-state index in [9.17, 15) is 19.4 Å². The predicted octanol–water partition coefficient (Wildman–Crippen LogP) is -3.51. The number of hydrogen-bond acceptors (Lipinski definition) is 8. The van der Waals surface area contributed by atoms with Crippen LogP contribution < -0.4 is 33.3 Å². The van der Waals surface area contributed by atoms with Gasteiger partial charge in [-0.2, -0.15) is 0 Å². The number of carbonyl (C=O) groups excluding carboxylic acids is 3. The first-order valence-electron chi connectivity index (χ1n) is 10.2.